The van der Waals surface area contributed by atoms with Gasteiger partial charge in [0.05, 0.1) is 11.8 Å². The van der Waals surface area contributed by atoms with E-state index < -0.39 is 35.9 Å². The van der Waals surface area contributed by atoms with E-state index in [1.807, 2.05) is 5.32 Å². The van der Waals surface area contributed by atoms with E-state index in [1.54, 1.807) is 30.3 Å². The molecule has 0 fully saturated rings. The highest BCUT2D eigenvalue weighted by molar-refractivity contribution is 6.23. The zero-order chi connectivity index (χ0) is 15.8. The minimum atomic E-state index is -1.55. The number of carboxylic acids is 2. The van der Waals surface area contributed by atoms with Gasteiger partial charge in [0.2, 0.25) is 0 Å². The lowest BCUT2D eigenvalue weighted by Gasteiger charge is -2.18. The molecule has 0 aromatic heterocycles. The number of carbonyl (C=O) groups excluding carboxylic acids is 1. The number of carboxylic acid groups (broad SMARTS) is 2. The molecule has 0 unspecified atom stereocenters. The average Bonchev–Trinajstić information content (AvgIpc) is 2.42. The molecule has 0 spiro atoms. The van der Waals surface area contributed by atoms with Crippen LogP contribution in [0, 0.1) is 0 Å². The number of amides is 1. The first kappa shape index (κ1) is 16.8. The molecule has 114 valence electrons. The van der Waals surface area contributed by atoms with Gasteiger partial charge in [0.25, 0.3) is 0 Å². The van der Waals surface area contributed by atoms with Crippen LogP contribution in [0.25, 0.3) is 0 Å². The number of hydrogen-bond acceptors (Lipinski definition) is 4. The molecule has 7 nitrogen and oxygen atoms in total. The number of carbonyl (C=O) groups is 3. The Labute approximate surface area is 125 Å². The monoisotopic (exact) mass is 315 g/mol. The number of halogens is 1. The van der Waals surface area contributed by atoms with E-state index in [9.17, 15) is 14.4 Å². The summed E-state index contributed by atoms with van der Waals surface area (Å²) in [6, 6.07) is 7.24. The molecule has 3 N–H and O–H groups in total. The number of alkyl halides is 1. The lowest BCUT2D eigenvalue weighted by molar-refractivity contribution is -0.140. The van der Waals surface area contributed by atoms with Crippen LogP contribution in [-0.4, -0.2) is 39.7 Å². The van der Waals surface area contributed by atoms with Gasteiger partial charge in [0.15, 0.2) is 0 Å². The average molecular weight is 316 g/mol. The largest absolute Gasteiger partial charge is 0.481 e. The van der Waals surface area contributed by atoms with Crippen LogP contribution in [0.2, 0.25) is 0 Å². The van der Waals surface area contributed by atoms with Crippen molar-refractivity contribution in [2.75, 3.05) is 0 Å². The molecule has 8 heteroatoms. The Morgan fingerprint density at radius 1 is 1.19 bits per heavy atom. The van der Waals surface area contributed by atoms with Crippen molar-refractivity contribution in [3.63, 3.8) is 0 Å². The quantitative estimate of drug-likeness (QED) is 0.656. The highest BCUT2D eigenvalue weighted by atomic mass is 35.5. The molecule has 1 rings (SSSR count). The first-order chi connectivity index (χ1) is 9.90. The Balaban J connectivity index is 2.52. The first-order valence-electron chi connectivity index (χ1n) is 5.96. The normalized spacial score (nSPS) is 13.0. The van der Waals surface area contributed by atoms with Crippen molar-refractivity contribution in [1.29, 1.82) is 0 Å². The van der Waals surface area contributed by atoms with Crippen molar-refractivity contribution in [3.8, 4) is 0 Å². The summed E-state index contributed by atoms with van der Waals surface area (Å²) in [7, 11) is 0. The van der Waals surface area contributed by atoms with Gasteiger partial charge in [-0.2, -0.15) is 0 Å². The summed E-state index contributed by atoms with van der Waals surface area (Å²) in [5.41, 5.74) is 0.729. The lowest BCUT2D eigenvalue weighted by Crippen LogP contribution is -2.47. The molecule has 0 aliphatic rings. The Morgan fingerprint density at radius 2 is 1.81 bits per heavy atom. The van der Waals surface area contributed by atoms with Crippen LogP contribution >= 0.6 is 11.6 Å². The molecule has 0 saturated carbocycles. The number of aliphatic carboxylic acids is 2. The second-order valence-electron chi connectivity index (χ2n) is 4.14. The van der Waals surface area contributed by atoms with Crippen LogP contribution < -0.4 is 5.32 Å². The van der Waals surface area contributed by atoms with Gasteiger partial charge in [-0.1, -0.05) is 30.3 Å². The topological polar surface area (TPSA) is 113 Å². The number of hydrogen-bond donors (Lipinski definition) is 3. The highest BCUT2D eigenvalue weighted by Crippen LogP contribution is 2.09. The van der Waals surface area contributed by atoms with E-state index in [-0.39, 0.29) is 6.61 Å². The SMILES string of the molecule is O=C(O)C[C@@H](Cl)[C@H](NC(=O)OCc1ccccc1)C(=O)O. The summed E-state index contributed by atoms with van der Waals surface area (Å²) in [6.07, 6.45) is -1.58. The smallest absolute Gasteiger partial charge is 0.408 e. The van der Waals surface area contributed by atoms with Crippen molar-refractivity contribution >= 4 is 29.6 Å². The molecule has 21 heavy (non-hydrogen) atoms. The molecule has 1 aromatic carbocycles. The van der Waals surface area contributed by atoms with Gasteiger partial charge in [0, 0.05) is 0 Å². The molecule has 0 bridgehead atoms. The van der Waals surface area contributed by atoms with Gasteiger partial charge in [-0.15, -0.1) is 11.6 Å². The van der Waals surface area contributed by atoms with Crippen LogP contribution in [0.5, 0.6) is 0 Å². The Hall–Kier alpha value is -2.28. The molecule has 0 heterocycles. The van der Waals surface area contributed by atoms with Gasteiger partial charge in [-0.3, -0.25) is 4.79 Å². The van der Waals surface area contributed by atoms with E-state index in [0.717, 1.165) is 5.56 Å². The van der Waals surface area contributed by atoms with E-state index in [0.29, 0.717) is 0 Å². The minimum Gasteiger partial charge on any atom is -0.481 e. The standard InChI is InChI=1S/C13H14ClNO6/c14-9(6-10(16)17)11(12(18)19)15-13(20)21-7-8-4-2-1-3-5-8/h1-5,9,11H,6-7H2,(H,15,20)(H,16,17)(H,18,19)/t9-,11+/m1/s1. The Kier molecular flexibility index (Phi) is 6.48. The van der Waals surface area contributed by atoms with Crippen LogP contribution in [0.4, 0.5) is 4.79 Å². The molecule has 0 aliphatic carbocycles. The number of ether oxygens (including phenoxy) is 1. The van der Waals surface area contributed by atoms with Crippen molar-refractivity contribution in [1.82, 2.24) is 5.32 Å². The third kappa shape index (κ3) is 6.13. The second kappa shape index (κ2) is 8.11. The fourth-order valence-corrected chi connectivity index (χ4v) is 1.79. The second-order valence-corrected chi connectivity index (χ2v) is 4.70. The Morgan fingerprint density at radius 3 is 2.33 bits per heavy atom. The molecular weight excluding hydrogens is 302 g/mol. The van der Waals surface area contributed by atoms with E-state index in [1.165, 1.54) is 0 Å². The molecule has 0 radical (unpaired) electrons. The van der Waals surface area contributed by atoms with E-state index in [4.69, 9.17) is 26.6 Å². The summed E-state index contributed by atoms with van der Waals surface area (Å²) >= 11 is 5.67. The summed E-state index contributed by atoms with van der Waals surface area (Å²) in [4.78, 5) is 33.0. The molecular formula is C13H14ClNO6. The summed E-state index contributed by atoms with van der Waals surface area (Å²) in [5, 5.41) is 18.3. The maximum atomic E-state index is 11.5. The lowest BCUT2D eigenvalue weighted by atomic mass is 10.1. The number of rotatable bonds is 7. The van der Waals surface area contributed by atoms with E-state index >= 15 is 0 Å². The van der Waals surface area contributed by atoms with Gasteiger partial charge in [0.1, 0.15) is 12.6 Å². The molecule has 0 saturated heterocycles. The number of benzene rings is 1. The third-order valence-electron chi connectivity index (χ3n) is 2.48. The van der Waals surface area contributed by atoms with E-state index in [2.05, 4.69) is 0 Å². The number of nitrogens with one attached hydrogen (secondary N) is 1. The van der Waals surface area contributed by atoms with Gasteiger partial charge >= 0.3 is 18.0 Å². The van der Waals surface area contributed by atoms with Crippen molar-refractivity contribution in [2.45, 2.75) is 24.4 Å². The zero-order valence-electron chi connectivity index (χ0n) is 10.9. The van der Waals surface area contributed by atoms with Gasteiger partial charge in [-0.05, 0) is 5.56 Å². The fourth-order valence-electron chi connectivity index (χ4n) is 1.48. The zero-order valence-corrected chi connectivity index (χ0v) is 11.6. The van der Waals surface area contributed by atoms with Crippen molar-refractivity contribution in [3.05, 3.63) is 35.9 Å². The van der Waals surface area contributed by atoms with Crippen LogP contribution in [-0.2, 0) is 20.9 Å². The maximum absolute atomic E-state index is 11.5. The summed E-state index contributed by atoms with van der Waals surface area (Å²) in [5.74, 6) is -2.70. The third-order valence-corrected chi connectivity index (χ3v) is 2.89. The molecule has 1 amide bonds. The molecule has 1 aromatic rings. The van der Waals surface area contributed by atoms with Crippen molar-refractivity contribution in [2.24, 2.45) is 0 Å². The summed E-state index contributed by atoms with van der Waals surface area (Å²) < 4.78 is 4.84. The molecule has 2 atom stereocenters. The Bertz CT molecular complexity index is 507. The summed E-state index contributed by atoms with van der Waals surface area (Å²) in [6.45, 7) is -0.0368. The number of alkyl carbamates (subject to hydrolysis) is 1. The highest BCUT2D eigenvalue weighted by Gasteiger charge is 2.30. The predicted molar refractivity (Wildman–Crippen MR) is 73.1 cm³/mol. The van der Waals surface area contributed by atoms with Gasteiger partial charge < -0.3 is 20.3 Å². The predicted octanol–water partition coefficient (Wildman–Crippen LogP) is 1.45. The fraction of sp³-hybridized carbons (Fsp3) is 0.308. The minimum absolute atomic E-state index is 0.0368. The maximum Gasteiger partial charge on any atom is 0.408 e. The van der Waals surface area contributed by atoms with Crippen LogP contribution in [0.15, 0.2) is 30.3 Å². The van der Waals surface area contributed by atoms with Crippen LogP contribution in [0.3, 0.4) is 0 Å². The van der Waals surface area contributed by atoms with Crippen LogP contribution in [0.1, 0.15) is 12.0 Å². The molecule has 0 aliphatic heterocycles. The van der Waals surface area contributed by atoms with Gasteiger partial charge in [-0.25, -0.2) is 9.59 Å². The van der Waals surface area contributed by atoms with Crippen molar-refractivity contribution < 1.29 is 29.3 Å². The first-order valence-corrected chi connectivity index (χ1v) is 6.39.